The van der Waals surface area contributed by atoms with Gasteiger partial charge in [0.05, 0.1) is 0 Å². The highest BCUT2D eigenvalue weighted by Crippen LogP contribution is 2.49. The number of hydrogen-bond donors (Lipinski definition) is 1. The van der Waals surface area contributed by atoms with Crippen LogP contribution < -0.4 is 0 Å². The number of nitrogens with zero attached hydrogens (tertiary/aromatic N) is 1. The molecule has 1 aliphatic carbocycles. The van der Waals surface area contributed by atoms with Gasteiger partial charge in [0.1, 0.15) is 6.54 Å². The number of carboxylic acid groups (broad SMARTS) is 1. The van der Waals surface area contributed by atoms with Crippen LogP contribution in [-0.2, 0) is 14.3 Å². The second kappa shape index (κ2) is 6.84. The molecule has 1 amide bonds. The number of carboxylic acids is 1. The molecule has 0 bridgehead atoms. The first-order valence-corrected chi connectivity index (χ1v) is 8.02. The van der Waals surface area contributed by atoms with Crippen molar-refractivity contribution in [1.29, 1.82) is 0 Å². The zero-order valence-corrected chi connectivity index (χ0v) is 13.1. The summed E-state index contributed by atoms with van der Waals surface area (Å²) in [6.07, 6.45) is 1.76. The summed E-state index contributed by atoms with van der Waals surface area (Å²) in [6, 6.07) is 3.50. The molecule has 2 atom stereocenters. The summed E-state index contributed by atoms with van der Waals surface area (Å²) in [5, 5.41) is 9.10. The Hall–Kier alpha value is -2.02. The van der Waals surface area contributed by atoms with Gasteiger partial charge in [-0.05, 0) is 42.9 Å². The van der Waals surface area contributed by atoms with Crippen LogP contribution in [0.5, 0.6) is 0 Å². The largest absolute Gasteiger partial charge is 0.480 e. The van der Waals surface area contributed by atoms with Crippen molar-refractivity contribution in [2.45, 2.75) is 31.2 Å². The third kappa shape index (κ3) is 3.56. The normalized spacial score (nSPS) is 23.8. The quantitative estimate of drug-likeness (QED) is 0.893. The lowest BCUT2D eigenvalue weighted by Gasteiger charge is -2.33. The van der Waals surface area contributed by atoms with Crippen LogP contribution in [0.15, 0.2) is 18.2 Å². The lowest BCUT2D eigenvalue weighted by Crippen LogP contribution is -2.46. The standard InChI is InChI=1S/C17H19F2NO4/c18-14-2-1-10(7-15(14)19)12-8-13(12)17(23)20(9-16(21)22)11-3-5-24-6-4-11/h1-2,7,11-13H,3-6,8-9H2,(H,21,22)/t12-,13-/m1/s1. The molecule has 1 saturated heterocycles. The zero-order valence-electron chi connectivity index (χ0n) is 13.1. The smallest absolute Gasteiger partial charge is 0.323 e. The second-order valence-corrected chi connectivity index (χ2v) is 6.33. The van der Waals surface area contributed by atoms with Crippen molar-refractivity contribution in [3.8, 4) is 0 Å². The molecule has 130 valence electrons. The number of aliphatic carboxylic acids is 1. The topological polar surface area (TPSA) is 66.8 Å². The number of halogens is 2. The van der Waals surface area contributed by atoms with Crippen LogP contribution in [0, 0.1) is 17.6 Å². The van der Waals surface area contributed by atoms with Crippen LogP contribution in [-0.4, -0.2) is 47.7 Å². The van der Waals surface area contributed by atoms with E-state index in [-0.39, 0.29) is 30.3 Å². The van der Waals surface area contributed by atoms with Crippen molar-refractivity contribution in [3.05, 3.63) is 35.4 Å². The van der Waals surface area contributed by atoms with E-state index in [1.54, 1.807) is 0 Å². The Kier molecular flexibility index (Phi) is 4.80. The molecule has 2 fully saturated rings. The second-order valence-electron chi connectivity index (χ2n) is 6.33. The monoisotopic (exact) mass is 339 g/mol. The van der Waals surface area contributed by atoms with E-state index in [1.807, 2.05) is 0 Å². The van der Waals surface area contributed by atoms with E-state index in [1.165, 1.54) is 11.0 Å². The first-order valence-electron chi connectivity index (χ1n) is 8.02. The van der Waals surface area contributed by atoms with Crippen LogP contribution in [0.3, 0.4) is 0 Å². The Morgan fingerprint density at radius 2 is 1.92 bits per heavy atom. The summed E-state index contributed by atoms with van der Waals surface area (Å²) in [6.45, 7) is 0.668. The van der Waals surface area contributed by atoms with Gasteiger partial charge in [0, 0.05) is 25.2 Å². The molecule has 1 aromatic carbocycles. The molecule has 2 aliphatic rings. The van der Waals surface area contributed by atoms with Crippen molar-refractivity contribution in [2.24, 2.45) is 5.92 Å². The summed E-state index contributed by atoms with van der Waals surface area (Å²) < 4.78 is 31.6. The fourth-order valence-corrected chi connectivity index (χ4v) is 3.32. The van der Waals surface area contributed by atoms with Crippen LogP contribution in [0.4, 0.5) is 8.78 Å². The molecule has 1 N–H and O–H groups in total. The van der Waals surface area contributed by atoms with Gasteiger partial charge in [0.15, 0.2) is 11.6 Å². The zero-order chi connectivity index (χ0) is 17.3. The van der Waals surface area contributed by atoms with Gasteiger partial charge in [-0.1, -0.05) is 6.07 Å². The maximum atomic E-state index is 13.4. The molecule has 1 aromatic rings. The Labute approximate surface area is 138 Å². The lowest BCUT2D eigenvalue weighted by atomic mass is 10.0. The third-order valence-corrected chi connectivity index (χ3v) is 4.70. The van der Waals surface area contributed by atoms with E-state index in [4.69, 9.17) is 9.84 Å². The fourth-order valence-electron chi connectivity index (χ4n) is 3.32. The van der Waals surface area contributed by atoms with Gasteiger partial charge in [0.25, 0.3) is 0 Å². The van der Waals surface area contributed by atoms with Crippen molar-refractivity contribution in [3.63, 3.8) is 0 Å². The minimum absolute atomic E-state index is 0.145. The van der Waals surface area contributed by atoms with Gasteiger partial charge in [-0.3, -0.25) is 9.59 Å². The highest BCUT2D eigenvalue weighted by Gasteiger charge is 2.47. The average Bonchev–Trinajstić information content (AvgIpc) is 3.36. The molecule has 0 radical (unpaired) electrons. The minimum Gasteiger partial charge on any atom is -0.480 e. The van der Waals surface area contributed by atoms with Crippen molar-refractivity contribution in [1.82, 2.24) is 4.90 Å². The molecular weight excluding hydrogens is 320 g/mol. The van der Waals surface area contributed by atoms with E-state index < -0.39 is 17.6 Å². The maximum Gasteiger partial charge on any atom is 0.323 e. The third-order valence-electron chi connectivity index (χ3n) is 4.70. The van der Waals surface area contributed by atoms with Crippen LogP contribution in [0.25, 0.3) is 0 Å². The lowest BCUT2D eigenvalue weighted by molar-refractivity contribution is -0.148. The molecule has 0 unspecified atom stereocenters. The number of hydrogen-bond acceptors (Lipinski definition) is 3. The van der Waals surface area contributed by atoms with Gasteiger partial charge in [-0.2, -0.15) is 0 Å². The van der Waals surface area contributed by atoms with Crippen LogP contribution in [0.1, 0.15) is 30.7 Å². The highest BCUT2D eigenvalue weighted by molar-refractivity contribution is 5.86. The van der Waals surface area contributed by atoms with Crippen molar-refractivity contribution < 1.29 is 28.2 Å². The minimum atomic E-state index is -1.06. The van der Waals surface area contributed by atoms with E-state index in [0.717, 1.165) is 12.1 Å². The number of benzene rings is 1. The summed E-state index contributed by atoms with van der Waals surface area (Å²) in [5.41, 5.74) is 0.578. The van der Waals surface area contributed by atoms with E-state index in [9.17, 15) is 18.4 Å². The van der Waals surface area contributed by atoms with Crippen molar-refractivity contribution >= 4 is 11.9 Å². The molecule has 1 heterocycles. The first kappa shape index (κ1) is 16.8. The number of ether oxygens (including phenoxy) is 1. The fraction of sp³-hybridized carbons (Fsp3) is 0.529. The van der Waals surface area contributed by atoms with Gasteiger partial charge < -0.3 is 14.7 Å². The first-order chi connectivity index (χ1) is 11.5. The molecule has 5 nitrogen and oxygen atoms in total. The van der Waals surface area contributed by atoms with Gasteiger partial charge in [-0.15, -0.1) is 0 Å². The average molecular weight is 339 g/mol. The van der Waals surface area contributed by atoms with Crippen LogP contribution in [0.2, 0.25) is 0 Å². The van der Waals surface area contributed by atoms with Gasteiger partial charge in [0.2, 0.25) is 5.91 Å². The molecule has 1 saturated carbocycles. The van der Waals surface area contributed by atoms with E-state index in [0.29, 0.717) is 38.0 Å². The number of amides is 1. The molecule has 0 spiro atoms. The molecule has 24 heavy (non-hydrogen) atoms. The molecule has 0 aromatic heterocycles. The van der Waals surface area contributed by atoms with E-state index in [2.05, 4.69) is 0 Å². The Morgan fingerprint density at radius 3 is 2.54 bits per heavy atom. The Bertz CT molecular complexity index is 645. The molecule has 7 heteroatoms. The summed E-state index contributed by atoms with van der Waals surface area (Å²) >= 11 is 0. The van der Waals surface area contributed by atoms with E-state index >= 15 is 0 Å². The number of rotatable bonds is 5. The summed E-state index contributed by atoms with van der Waals surface area (Å²) in [4.78, 5) is 25.3. The SMILES string of the molecule is O=C(O)CN(C(=O)[C@@H]1C[C@@H]1c1ccc(F)c(F)c1)C1CCOCC1. The molecular formula is C17H19F2NO4. The summed E-state index contributed by atoms with van der Waals surface area (Å²) in [7, 11) is 0. The Balaban J connectivity index is 1.71. The summed E-state index contributed by atoms with van der Waals surface area (Å²) in [5.74, 6) is -3.67. The maximum absolute atomic E-state index is 13.4. The number of carbonyl (C=O) groups excluding carboxylic acids is 1. The van der Waals surface area contributed by atoms with Gasteiger partial charge in [-0.25, -0.2) is 8.78 Å². The van der Waals surface area contributed by atoms with Crippen LogP contribution >= 0.6 is 0 Å². The van der Waals surface area contributed by atoms with Crippen molar-refractivity contribution in [2.75, 3.05) is 19.8 Å². The highest BCUT2D eigenvalue weighted by atomic mass is 19.2. The Morgan fingerprint density at radius 1 is 1.21 bits per heavy atom. The number of carbonyl (C=O) groups is 2. The van der Waals surface area contributed by atoms with Gasteiger partial charge >= 0.3 is 5.97 Å². The predicted octanol–water partition coefficient (Wildman–Crippen LogP) is 2.16. The molecule has 1 aliphatic heterocycles. The molecule has 3 rings (SSSR count). The predicted molar refractivity (Wildman–Crippen MR) is 80.4 cm³/mol.